The van der Waals surface area contributed by atoms with E-state index in [2.05, 4.69) is 38.3 Å². The third kappa shape index (κ3) is 4.24. The Labute approximate surface area is 113 Å². The minimum absolute atomic E-state index is 0.268. The van der Waals surface area contributed by atoms with E-state index in [4.69, 9.17) is 0 Å². The smallest absolute Gasteiger partial charge is 0.0144 e. The summed E-state index contributed by atoms with van der Waals surface area (Å²) in [5.74, 6) is 0. The van der Waals surface area contributed by atoms with Gasteiger partial charge in [0.05, 0.1) is 0 Å². The monoisotopic (exact) mass is 252 g/mol. The zero-order valence-electron chi connectivity index (χ0n) is 12.8. The fourth-order valence-electron chi connectivity index (χ4n) is 4.22. The molecule has 106 valence electrons. The van der Waals surface area contributed by atoms with E-state index in [1.807, 2.05) is 0 Å². The van der Waals surface area contributed by atoms with Crippen LogP contribution in [0, 0.1) is 0 Å². The van der Waals surface area contributed by atoms with Crippen LogP contribution in [0.15, 0.2) is 0 Å². The Morgan fingerprint density at radius 1 is 0.778 bits per heavy atom. The van der Waals surface area contributed by atoms with Gasteiger partial charge in [0.25, 0.3) is 0 Å². The molecule has 2 aliphatic rings. The molecule has 18 heavy (non-hydrogen) atoms. The van der Waals surface area contributed by atoms with Crippen molar-refractivity contribution in [3.63, 3.8) is 0 Å². The topological polar surface area (TPSA) is 24.1 Å². The van der Waals surface area contributed by atoms with E-state index >= 15 is 0 Å². The lowest BCUT2D eigenvalue weighted by Crippen LogP contribution is -2.62. The van der Waals surface area contributed by atoms with E-state index < -0.39 is 0 Å². The molecule has 0 bridgehead atoms. The van der Waals surface area contributed by atoms with Crippen LogP contribution in [0.2, 0.25) is 0 Å². The van der Waals surface area contributed by atoms with E-state index in [-0.39, 0.29) is 11.1 Å². The van der Waals surface area contributed by atoms with Gasteiger partial charge in [0.2, 0.25) is 0 Å². The van der Waals surface area contributed by atoms with Crippen LogP contribution in [0.3, 0.4) is 0 Å². The van der Waals surface area contributed by atoms with Crippen molar-refractivity contribution in [2.75, 3.05) is 0 Å². The molecule has 0 aromatic rings. The van der Waals surface area contributed by atoms with Gasteiger partial charge in [0.1, 0.15) is 0 Å². The summed E-state index contributed by atoms with van der Waals surface area (Å²) in [7, 11) is 0. The van der Waals surface area contributed by atoms with E-state index in [1.54, 1.807) is 0 Å². The first-order valence-corrected chi connectivity index (χ1v) is 7.92. The van der Waals surface area contributed by atoms with E-state index in [0.717, 1.165) is 6.04 Å². The average Bonchev–Trinajstić information content (AvgIpc) is 2.40. The van der Waals surface area contributed by atoms with Crippen molar-refractivity contribution in [2.24, 2.45) is 0 Å². The summed E-state index contributed by atoms with van der Waals surface area (Å²) >= 11 is 0. The molecule has 1 aliphatic carbocycles. The summed E-state index contributed by atoms with van der Waals surface area (Å²) in [5, 5.41) is 7.74. The Morgan fingerprint density at radius 3 is 1.78 bits per heavy atom. The maximum Gasteiger partial charge on any atom is 0.0144 e. The lowest BCUT2D eigenvalue weighted by atomic mass is 9.79. The molecule has 2 rings (SSSR count). The van der Waals surface area contributed by atoms with Gasteiger partial charge in [-0.05, 0) is 53.4 Å². The maximum absolute atomic E-state index is 3.97. The first-order chi connectivity index (χ1) is 8.36. The van der Waals surface area contributed by atoms with Crippen LogP contribution < -0.4 is 10.6 Å². The normalized spacial score (nSPS) is 30.0. The van der Waals surface area contributed by atoms with Crippen molar-refractivity contribution in [3.05, 3.63) is 0 Å². The highest BCUT2D eigenvalue weighted by atomic mass is 15.1. The van der Waals surface area contributed by atoms with Crippen molar-refractivity contribution in [2.45, 2.75) is 102 Å². The second kappa shape index (κ2) is 5.50. The Balaban J connectivity index is 1.91. The quantitative estimate of drug-likeness (QED) is 0.734. The first-order valence-electron chi connectivity index (χ1n) is 7.92. The van der Waals surface area contributed by atoms with Crippen LogP contribution in [-0.2, 0) is 0 Å². The third-order valence-corrected chi connectivity index (χ3v) is 4.52. The molecule has 2 nitrogen and oxygen atoms in total. The van der Waals surface area contributed by atoms with Gasteiger partial charge in [-0.2, -0.15) is 0 Å². The number of rotatable bonds is 2. The van der Waals surface area contributed by atoms with Crippen LogP contribution in [0.25, 0.3) is 0 Å². The molecule has 0 radical (unpaired) electrons. The second-order valence-corrected chi connectivity index (χ2v) is 7.85. The van der Waals surface area contributed by atoms with E-state index in [1.165, 1.54) is 51.4 Å². The van der Waals surface area contributed by atoms with E-state index in [0.29, 0.717) is 6.04 Å². The molecule has 2 heteroatoms. The highest BCUT2D eigenvalue weighted by Gasteiger charge is 2.38. The van der Waals surface area contributed by atoms with Crippen LogP contribution in [0.4, 0.5) is 0 Å². The van der Waals surface area contributed by atoms with Gasteiger partial charge in [-0.1, -0.05) is 25.7 Å². The van der Waals surface area contributed by atoms with Crippen molar-refractivity contribution < 1.29 is 0 Å². The Bertz CT molecular complexity index is 246. The highest BCUT2D eigenvalue weighted by molar-refractivity contribution is 5.00. The summed E-state index contributed by atoms with van der Waals surface area (Å²) < 4.78 is 0. The molecule has 1 saturated heterocycles. The van der Waals surface area contributed by atoms with Gasteiger partial charge in [0.15, 0.2) is 0 Å². The minimum Gasteiger partial charge on any atom is -0.311 e. The predicted octanol–water partition coefficient (Wildman–Crippen LogP) is 3.61. The fourth-order valence-corrected chi connectivity index (χ4v) is 4.22. The van der Waals surface area contributed by atoms with Crippen molar-refractivity contribution in [1.82, 2.24) is 10.6 Å². The minimum atomic E-state index is 0.268. The summed E-state index contributed by atoms with van der Waals surface area (Å²) in [6.07, 6.45) is 11.0. The van der Waals surface area contributed by atoms with E-state index in [9.17, 15) is 0 Å². The predicted molar refractivity (Wildman–Crippen MR) is 78.9 cm³/mol. The summed E-state index contributed by atoms with van der Waals surface area (Å²) in [6.45, 7) is 9.37. The molecule has 2 fully saturated rings. The summed E-state index contributed by atoms with van der Waals surface area (Å²) in [5.41, 5.74) is 0.536. The van der Waals surface area contributed by atoms with Gasteiger partial charge in [0, 0.05) is 23.2 Å². The second-order valence-electron chi connectivity index (χ2n) is 7.85. The molecule has 0 amide bonds. The van der Waals surface area contributed by atoms with Gasteiger partial charge < -0.3 is 10.6 Å². The molecule has 1 heterocycles. The fraction of sp³-hybridized carbons (Fsp3) is 1.00. The molecular weight excluding hydrogens is 220 g/mol. The standard InChI is InChI=1S/C16H32N2/c1-15(2)11-14(12-16(3,4)18-15)17-13-9-7-5-6-8-10-13/h13-14,17-18H,5-12H2,1-4H3. The molecule has 1 aliphatic heterocycles. The van der Waals surface area contributed by atoms with Crippen molar-refractivity contribution >= 4 is 0 Å². The lowest BCUT2D eigenvalue weighted by molar-refractivity contribution is 0.137. The van der Waals surface area contributed by atoms with Crippen LogP contribution in [-0.4, -0.2) is 23.2 Å². The van der Waals surface area contributed by atoms with Crippen LogP contribution in [0.1, 0.15) is 79.1 Å². The number of hydrogen-bond acceptors (Lipinski definition) is 2. The van der Waals surface area contributed by atoms with Crippen molar-refractivity contribution in [3.8, 4) is 0 Å². The first kappa shape index (κ1) is 14.3. The third-order valence-electron chi connectivity index (χ3n) is 4.52. The highest BCUT2D eigenvalue weighted by Crippen LogP contribution is 2.29. The van der Waals surface area contributed by atoms with Crippen LogP contribution in [0.5, 0.6) is 0 Å². The van der Waals surface area contributed by atoms with Gasteiger partial charge in [-0.25, -0.2) is 0 Å². The zero-order chi connectivity index (χ0) is 13.2. The van der Waals surface area contributed by atoms with Gasteiger partial charge in [-0.15, -0.1) is 0 Å². The van der Waals surface area contributed by atoms with Crippen molar-refractivity contribution in [1.29, 1.82) is 0 Å². The average molecular weight is 252 g/mol. The SMILES string of the molecule is CC1(C)CC(NC2CCCCCC2)CC(C)(C)N1. The molecule has 2 N–H and O–H groups in total. The maximum atomic E-state index is 3.97. The van der Waals surface area contributed by atoms with Gasteiger partial charge >= 0.3 is 0 Å². The molecule has 0 spiro atoms. The molecule has 0 unspecified atom stereocenters. The number of nitrogens with one attached hydrogen (secondary N) is 2. The summed E-state index contributed by atoms with van der Waals surface area (Å²) in [6, 6.07) is 1.47. The lowest BCUT2D eigenvalue weighted by Gasteiger charge is -2.47. The van der Waals surface area contributed by atoms with Crippen LogP contribution >= 0.6 is 0 Å². The van der Waals surface area contributed by atoms with Gasteiger partial charge in [-0.3, -0.25) is 0 Å². The number of hydrogen-bond donors (Lipinski definition) is 2. The Morgan fingerprint density at radius 2 is 1.28 bits per heavy atom. The zero-order valence-corrected chi connectivity index (χ0v) is 12.8. The largest absolute Gasteiger partial charge is 0.311 e. The molecule has 0 aromatic heterocycles. The molecule has 0 aromatic carbocycles. The molecule has 1 saturated carbocycles. The Kier molecular flexibility index (Phi) is 4.38. The molecular formula is C16H32N2. The summed E-state index contributed by atoms with van der Waals surface area (Å²) in [4.78, 5) is 0. The number of piperidine rings is 1. The molecule has 0 atom stereocenters. The Hall–Kier alpha value is -0.0800.